The van der Waals surface area contributed by atoms with Gasteiger partial charge in [0.05, 0.1) is 33.3 Å². The maximum Gasteiger partial charge on any atom is 0.287 e. The first kappa shape index (κ1) is 20.9. The van der Waals surface area contributed by atoms with Gasteiger partial charge >= 0.3 is 0 Å². The molecule has 0 saturated carbocycles. The van der Waals surface area contributed by atoms with E-state index in [1.807, 2.05) is 42.5 Å². The lowest BCUT2D eigenvalue weighted by Crippen LogP contribution is -3.16. The minimum absolute atomic E-state index is 0.0128. The highest BCUT2D eigenvalue weighted by Crippen LogP contribution is 2.21. The lowest BCUT2D eigenvalue weighted by Gasteiger charge is -2.37. The number of ether oxygens (including phenoxy) is 1. The molecule has 4 rings (SSSR count). The number of para-hydroxylation sites is 1. The van der Waals surface area contributed by atoms with Crippen LogP contribution in [-0.2, 0) is 4.79 Å². The van der Waals surface area contributed by atoms with Gasteiger partial charge in [-0.3, -0.25) is 4.79 Å². The molecule has 1 heterocycles. The molecule has 1 aliphatic heterocycles. The van der Waals surface area contributed by atoms with E-state index in [1.165, 1.54) is 16.2 Å². The molecule has 0 radical (unpaired) electrons. The summed E-state index contributed by atoms with van der Waals surface area (Å²) in [5.41, 5.74) is 4.38. The van der Waals surface area contributed by atoms with Crippen molar-refractivity contribution >= 4 is 17.3 Å². The summed E-state index contributed by atoms with van der Waals surface area (Å²) in [6.45, 7) is 5.81. The number of carbonyl (C=O) groups is 1. The molecule has 5 heteroatoms. The first-order valence-corrected chi connectivity index (χ1v) is 10.8. The molecule has 5 nitrogen and oxygen atoms in total. The van der Waals surface area contributed by atoms with Crippen LogP contribution in [0.25, 0.3) is 0 Å². The number of nitrogens with zero attached hydrogens (tertiary/aromatic N) is 1. The number of hydrogen-bond acceptors (Lipinski definition) is 3. The highest BCUT2D eigenvalue weighted by atomic mass is 16.5. The van der Waals surface area contributed by atoms with Gasteiger partial charge in [-0.1, -0.05) is 54.6 Å². The summed E-state index contributed by atoms with van der Waals surface area (Å²) < 4.78 is 5.30. The summed E-state index contributed by atoms with van der Waals surface area (Å²) in [5.74, 6) is 0.743. The van der Waals surface area contributed by atoms with Gasteiger partial charge in [-0.05, 0) is 30.7 Å². The monoisotopic (exact) mass is 416 g/mol. The van der Waals surface area contributed by atoms with Crippen LogP contribution in [0.4, 0.5) is 11.4 Å². The SMILES string of the molecule is COc1cccc(NC(=O)[C@@H](c2ccccc2)[NH+]2CCN(c3ccccc3C)CC2)c1. The normalized spacial score (nSPS) is 15.4. The average Bonchev–Trinajstić information content (AvgIpc) is 2.81. The lowest BCUT2D eigenvalue weighted by atomic mass is 10.0. The van der Waals surface area contributed by atoms with Crippen LogP contribution in [0.15, 0.2) is 78.9 Å². The molecule has 1 amide bonds. The summed E-state index contributed by atoms with van der Waals surface area (Å²) in [6, 6.07) is 25.9. The number of rotatable bonds is 6. The molecule has 0 bridgehead atoms. The Bertz CT molecular complexity index is 1010. The van der Waals surface area contributed by atoms with E-state index in [0.29, 0.717) is 0 Å². The average molecular weight is 417 g/mol. The minimum Gasteiger partial charge on any atom is -0.497 e. The topological polar surface area (TPSA) is 46.0 Å². The summed E-state index contributed by atoms with van der Waals surface area (Å²) in [5, 5.41) is 3.11. The second-order valence-corrected chi connectivity index (χ2v) is 8.00. The van der Waals surface area contributed by atoms with Gasteiger partial charge in [0.1, 0.15) is 5.75 Å². The number of carbonyl (C=O) groups excluding carboxylic acids is 1. The smallest absolute Gasteiger partial charge is 0.287 e. The second-order valence-electron chi connectivity index (χ2n) is 8.00. The van der Waals surface area contributed by atoms with Crippen LogP contribution in [0.1, 0.15) is 17.2 Å². The zero-order chi connectivity index (χ0) is 21.6. The molecular weight excluding hydrogens is 386 g/mol. The van der Waals surface area contributed by atoms with E-state index >= 15 is 0 Å². The highest BCUT2D eigenvalue weighted by Gasteiger charge is 2.34. The Kier molecular flexibility index (Phi) is 6.53. The molecule has 0 aromatic heterocycles. The largest absolute Gasteiger partial charge is 0.497 e. The molecule has 160 valence electrons. The Labute approximate surface area is 184 Å². The van der Waals surface area contributed by atoms with E-state index in [0.717, 1.165) is 43.2 Å². The molecule has 1 aliphatic rings. The van der Waals surface area contributed by atoms with Gasteiger partial charge in [0.2, 0.25) is 0 Å². The van der Waals surface area contributed by atoms with Gasteiger partial charge in [0, 0.05) is 23.0 Å². The number of aryl methyl sites for hydroxylation is 1. The standard InChI is InChI=1S/C26H29N3O2/c1-20-9-6-7-14-24(20)28-15-17-29(18-16-28)25(21-10-4-3-5-11-21)26(30)27-22-12-8-13-23(19-22)31-2/h3-14,19,25H,15-18H2,1-2H3,(H,27,30)/p+1/t25-/m1/s1. The van der Waals surface area contributed by atoms with Crippen molar-refractivity contribution in [2.24, 2.45) is 0 Å². The Morgan fingerprint density at radius 1 is 0.968 bits per heavy atom. The number of hydrogen-bond donors (Lipinski definition) is 2. The summed E-state index contributed by atoms with van der Waals surface area (Å²) in [6.07, 6.45) is 0. The van der Waals surface area contributed by atoms with Crippen LogP contribution in [0, 0.1) is 6.92 Å². The van der Waals surface area contributed by atoms with Crippen LogP contribution in [0.3, 0.4) is 0 Å². The van der Waals surface area contributed by atoms with Crippen molar-refractivity contribution in [3.63, 3.8) is 0 Å². The van der Waals surface area contributed by atoms with Gasteiger partial charge in [-0.25, -0.2) is 0 Å². The van der Waals surface area contributed by atoms with E-state index in [1.54, 1.807) is 7.11 Å². The first-order chi connectivity index (χ1) is 15.2. The van der Waals surface area contributed by atoms with E-state index in [-0.39, 0.29) is 11.9 Å². The number of methoxy groups -OCH3 is 1. The van der Waals surface area contributed by atoms with E-state index in [4.69, 9.17) is 4.74 Å². The predicted octanol–water partition coefficient (Wildman–Crippen LogP) is 3.09. The maximum atomic E-state index is 13.4. The summed E-state index contributed by atoms with van der Waals surface area (Å²) in [7, 11) is 1.63. The third-order valence-corrected chi connectivity index (χ3v) is 6.00. The number of amides is 1. The number of quaternary nitrogens is 1. The van der Waals surface area contributed by atoms with Crippen molar-refractivity contribution in [1.82, 2.24) is 0 Å². The minimum atomic E-state index is -0.258. The Morgan fingerprint density at radius 2 is 1.68 bits per heavy atom. The fourth-order valence-electron chi connectivity index (χ4n) is 4.37. The van der Waals surface area contributed by atoms with Crippen molar-refractivity contribution in [2.45, 2.75) is 13.0 Å². The first-order valence-electron chi connectivity index (χ1n) is 10.8. The van der Waals surface area contributed by atoms with Crippen LogP contribution < -0.4 is 19.9 Å². The number of benzene rings is 3. The Hall–Kier alpha value is -3.31. The van der Waals surface area contributed by atoms with E-state index in [2.05, 4.69) is 53.5 Å². The zero-order valence-corrected chi connectivity index (χ0v) is 18.2. The number of piperazine rings is 1. The molecule has 1 fully saturated rings. The molecule has 1 atom stereocenters. The molecule has 2 N–H and O–H groups in total. The molecular formula is C26H30N3O2+. The van der Waals surface area contributed by atoms with Crippen molar-refractivity contribution < 1.29 is 14.4 Å². The Morgan fingerprint density at radius 3 is 2.39 bits per heavy atom. The molecule has 1 saturated heterocycles. The maximum absolute atomic E-state index is 13.4. The predicted molar refractivity (Wildman–Crippen MR) is 125 cm³/mol. The lowest BCUT2D eigenvalue weighted by molar-refractivity contribution is -0.922. The zero-order valence-electron chi connectivity index (χ0n) is 18.2. The van der Waals surface area contributed by atoms with Crippen molar-refractivity contribution in [1.29, 1.82) is 0 Å². The third kappa shape index (κ3) is 4.89. The summed E-state index contributed by atoms with van der Waals surface area (Å²) >= 11 is 0. The fraction of sp³-hybridized carbons (Fsp3) is 0.269. The molecule has 0 spiro atoms. The van der Waals surface area contributed by atoms with E-state index in [9.17, 15) is 4.79 Å². The van der Waals surface area contributed by atoms with Crippen molar-refractivity contribution in [3.05, 3.63) is 90.0 Å². The molecule has 0 aliphatic carbocycles. The van der Waals surface area contributed by atoms with Crippen molar-refractivity contribution in [3.8, 4) is 5.75 Å². The Balaban J connectivity index is 1.52. The summed E-state index contributed by atoms with van der Waals surface area (Å²) in [4.78, 5) is 17.2. The van der Waals surface area contributed by atoms with Gasteiger partial charge in [-0.2, -0.15) is 0 Å². The van der Waals surface area contributed by atoms with Gasteiger partial charge in [0.15, 0.2) is 6.04 Å². The van der Waals surface area contributed by atoms with Crippen LogP contribution in [0.2, 0.25) is 0 Å². The third-order valence-electron chi connectivity index (χ3n) is 6.00. The number of anilines is 2. The van der Waals surface area contributed by atoms with Gasteiger partial charge < -0.3 is 19.9 Å². The molecule has 3 aromatic carbocycles. The van der Waals surface area contributed by atoms with E-state index < -0.39 is 0 Å². The van der Waals surface area contributed by atoms with Crippen LogP contribution >= 0.6 is 0 Å². The highest BCUT2D eigenvalue weighted by molar-refractivity contribution is 5.94. The van der Waals surface area contributed by atoms with Gasteiger partial charge in [0.25, 0.3) is 5.91 Å². The van der Waals surface area contributed by atoms with Crippen molar-refractivity contribution in [2.75, 3.05) is 43.5 Å². The molecule has 3 aromatic rings. The van der Waals surface area contributed by atoms with Crippen LogP contribution in [-0.4, -0.2) is 39.2 Å². The molecule has 31 heavy (non-hydrogen) atoms. The number of nitrogens with one attached hydrogen (secondary N) is 2. The van der Waals surface area contributed by atoms with Gasteiger partial charge in [-0.15, -0.1) is 0 Å². The molecule has 0 unspecified atom stereocenters. The second kappa shape index (κ2) is 9.67. The quantitative estimate of drug-likeness (QED) is 0.649. The van der Waals surface area contributed by atoms with Crippen LogP contribution in [0.5, 0.6) is 5.75 Å². The fourth-order valence-corrected chi connectivity index (χ4v) is 4.37.